The smallest absolute Gasteiger partial charge is 0.141 e. The van der Waals surface area contributed by atoms with Crippen molar-refractivity contribution in [2.75, 3.05) is 5.32 Å². The van der Waals surface area contributed by atoms with Crippen molar-refractivity contribution in [2.24, 2.45) is 0 Å². The van der Waals surface area contributed by atoms with E-state index in [2.05, 4.69) is 30.4 Å². The molecule has 0 aromatic heterocycles. The summed E-state index contributed by atoms with van der Waals surface area (Å²) in [5, 5.41) is 3.64. The zero-order valence-electron chi connectivity index (χ0n) is 11.8. The van der Waals surface area contributed by atoms with Crippen molar-refractivity contribution in [2.45, 2.75) is 32.7 Å². The van der Waals surface area contributed by atoms with Crippen LogP contribution in [0.3, 0.4) is 0 Å². The molecule has 0 spiro atoms. The molecule has 2 aromatic carbocycles. The van der Waals surface area contributed by atoms with E-state index in [-0.39, 0.29) is 16.9 Å². The van der Waals surface area contributed by atoms with E-state index < -0.39 is 0 Å². The van der Waals surface area contributed by atoms with Gasteiger partial charge in [-0.3, -0.25) is 0 Å². The Morgan fingerprint density at radius 3 is 2.65 bits per heavy atom. The van der Waals surface area contributed by atoms with Crippen molar-refractivity contribution in [3.05, 3.63) is 64.4 Å². The lowest BCUT2D eigenvalue weighted by atomic mass is 10.0. The van der Waals surface area contributed by atoms with E-state index in [9.17, 15) is 4.39 Å². The van der Waals surface area contributed by atoms with Crippen LogP contribution in [0.2, 0.25) is 5.02 Å². The summed E-state index contributed by atoms with van der Waals surface area (Å²) in [5.74, 6) is -0.381. The van der Waals surface area contributed by atoms with Crippen molar-refractivity contribution >= 4 is 17.3 Å². The summed E-state index contributed by atoms with van der Waals surface area (Å²) in [7, 11) is 0. The molecular weight excluding hydrogens is 273 g/mol. The van der Waals surface area contributed by atoms with E-state index in [1.165, 1.54) is 11.6 Å². The molecule has 3 heteroatoms. The largest absolute Gasteiger partial charge is 0.378 e. The molecule has 0 bridgehead atoms. The van der Waals surface area contributed by atoms with Gasteiger partial charge in [-0.2, -0.15) is 0 Å². The van der Waals surface area contributed by atoms with Gasteiger partial charge < -0.3 is 5.32 Å². The second-order valence-corrected chi connectivity index (χ2v) is 5.35. The summed E-state index contributed by atoms with van der Waals surface area (Å²) in [4.78, 5) is 0. The first-order chi connectivity index (χ1) is 9.61. The molecule has 0 fully saturated rings. The third-order valence-electron chi connectivity index (χ3n) is 3.35. The van der Waals surface area contributed by atoms with Crippen LogP contribution in [0, 0.1) is 5.82 Å². The Balaban J connectivity index is 2.18. The van der Waals surface area contributed by atoms with Gasteiger partial charge in [0.15, 0.2) is 0 Å². The SMILES string of the molecule is CCCc1ccccc1NC(C)c1ccc(F)c(Cl)c1. The Morgan fingerprint density at radius 2 is 1.95 bits per heavy atom. The third kappa shape index (κ3) is 3.51. The number of hydrogen-bond donors (Lipinski definition) is 1. The summed E-state index contributed by atoms with van der Waals surface area (Å²) >= 11 is 5.84. The van der Waals surface area contributed by atoms with Gasteiger partial charge in [0.25, 0.3) is 0 Å². The fourth-order valence-electron chi connectivity index (χ4n) is 2.25. The minimum absolute atomic E-state index is 0.0751. The average Bonchev–Trinajstić information content (AvgIpc) is 2.44. The number of nitrogens with one attached hydrogen (secondary N) is 1. The highest BCUT2D eigenvalue weighted by Gasteiger charge is 2.10. The Kier molecular flexibility index (Phi) is 5.02. The maximum atomic E-state index is 13.2. The summed E-state index contributed by atoms with van der Waals surface area (Å²) in [6, 6.07) is 13.2. The highest BCUT2D eigenvalue weighted by molar-refractivity contribution is 6.30. The minimum atomic E-state index is -0.381. The monoisotopic (exact) mass is 291 g/mol. The molecule has 1 N–H and O–H groups in total. The summed E-state index contributed by atoms with van der Waals surface area (Å²) in [6.07, 6.45) is 2.15. The van der Waals surface area contributed by atoms with E-state index in [4.69, 9.17) is 11.6 Å². The number of para-hydroxylation sites is 1. The summed E-state index contributed by atoms with van der Waals surface area (Å²) in [5.41, 5.74) is 3.40. The van der Waals surface area contributed by atoms with Gasteiger partial charge in [0.05, 0.1) is 5.02 Å². The van der Waals surface area contributed by atoms with Crippen LogP contribution in [0.4, 0.5) is 10.1 Å². The lowest BCUT2D eigenvalue weighted by Crippen LogP contribution is -2.08. The van der Waals surface area contributed by atoms with E-state index in [0.717, 1.165) is 24.1 Å². The van der Waals surface area contributed by atoms with Gasteiger partial charge in [-0.05, 0) is 42.7 Å². The Bertz CT molecular complexity index is 583. The Labute approximate surface area is 124 Å². The average molecular weight is 292 g/mol. The lowest BCUT2D eigenvalue weighted by molar-refractivity contribution is 0.627. The van der Waals surface area contributed by atoms with Crippen LogP contribution in [-0.2, 0) is 6.42 Å². The molecule has 106 valence electrons. The molecule has 20 heavy (non-hydrogen) atoms. The van der Waals surface area contributed by atoms with Crippen molar-refractivity contribution in [3.63, 3.8) is 0 Å². The molecule has 2 aromatic rings. The molecule has 1 unspecified atom stereocenters. The molecule has 0 aliphatic rings. The Morgan fingerprint density at radius 1 is 1.20 bits per heavy atom. The standard InChI is InChI=1S/C17H19ClFN/c1-3-6-13-7-4-5-8-17(13)20-12(2)14-9-10-16(19)15(18)11-14/h4-5,7-12,20H,3,6H2,1-2H3. The van der Waals surface area contributed by atoms with Crippen LogP contribution in [-0.4, -0.2) is 0 Å². The summed E-state index contributed by atoms with van der Waals surface area (Å²) < 4.78 is 13.2. The Hall–Kier alpha value is -1.54. The molecule has 0 heterocycles. The van der Waals surface area contributed by atoms with Crippen molar-refractivity contribution in [1.82, 2.24) is 0 Å². The number of anilines is 1. The predicted molar refractivity (Wildman–Crippen MR) is 83.9 cm³/mol. The fraction of sp³-hybridized carbons (Fsp3) is 0.294. The zero-order valence-corrected chi connectivity index (χ0v) is 12.5. The van der Waals surface area contributed by atoms with Crippen LogP contribution in [0.25, 0.3) is 0 Å². The van der Waals surface area contributed by atoms with Gasteiger partial charge in [-0.25, -0.2) is 4.39 Å². The fourth-order valence-corrected chi connectivity index (χ4v) is 2.44. The normalized spacial score (nSPS) is 12.2. The summed E-state index contributed by atoms with van der Waals surface area (Å²) in [6.45, 7) is 4.21. The molecular formula is C17H19ClFN. The van der Waals surface area contributed by atoms with Crippen LogP contribution >= 0.6 is 11.6 Å². The van der Waals surface area contributed by atoms with Gasteiger partial charge in [0, 0.05) is 11.7 Å². The van der Waals surface area contributed by atoms with E-state index in [1.807, 2.05) is 13.0 Å². The van der Waals surface area contributed by atoms with Gasteiger partial charge >= 0.3 is 0 Å². The molecule has 1 atom stereocenters. The number of rotatable bonds is 5. The maximum absolute atomic E-state index is 13.2. The number of halogens is 2. The first kappa shape index (κ1) is 14.9. The molecule has 0 aliphatic carbocycles. The quantitative estimate of drug-likeness (QED) is 0.755. The highest BCUT2D eigenvalue weighted by Crippen LogP contribution is 2.26. The molecule has 0 amide bonds. The molecule has 1 nitrogen and oxygen atoms in total. The molecule has 2 rings (SSSR count). The van der Waals surface area contributed by atoms with Crippen LogP contribution in [0.15, 0.2) is 42.5 Å². The van der Waals surface area contributed by atoms with Crippen LogP contribution in [0.5, 0.6) is 0 Å². The number of hydrogen-bond acceptors (Lipinski definition) is 1. The van der Waals surface area contributed by atoms with Gasteiger partial charge in [-0.1, -0.05) is 49.2 Å². The van der Waals surface area contributed by atoms with Gasteiger partial charge in [0.2, 0.25) is 0 Å². The van der Waals surface area contributed by atoms with Gasteiger partial charge in [-0.15, -0.1) is 0 Å². The van der Waals surface area contributed by atoms with Crippen molar-refractivity contribution in [1.29, 1.82) is 0 Å². The molecule has 0 saturated heterocycles. The zero-order chi connectivity index (χ0) is 14.5. The first-order valence-corrected chi connectivity index (χ1v) is 7.29. The second kappa shape index (κ2) is 6.76. The van der Waals surface area contributed by atoms with Gasteiger partial charge in [0.1, 0.15) is 5.82 Å². The second-order valence-electron chi connectivity index (χ2n) is 4.95. The molecule has 0 saturated carbocycles. The highest BCUT2D eigenvalue weighted by atomic mass is 35.5. The molecule has 0 radical (unpaired) electrons. The van der Waals surface area contributed by atoms with E-state index in [1.54, 1.807) is 12.1 Å². The minimum Gasteiger partial charge on any atom is -0.378 e. The van der Waals surface area contributed by atoms with Crippen molar-refractivity contribution < 1.29 is 4.39 Å². The predicted octanol–water partition coefficient (Wildman–Crippen LogP) is 5.60. The third-order valence-corrected chi connectivity index (χ3v) is 3.64. The van der Waals surface area contributed by atoms with E-state index in [0.29, 0.717) is 0 Å². The van der Waals surface area contributed by atoms with Crippen molar-refractivity contribution in [3.8, 4) is 0 Å². The number of aryl methyl sites for hydroxylation is 1. The molecule has 0 aliphatic heterocycles. The lowest BCUT2D eigenvalue weighted by Gasteiger charge is -2.18. The first-order valence-electron chi connectivity index (χ1n) is 6.91. The van der Waals surface area contributed by atoms with Crippen LogP contribution < -0.4 is 5.32 Å². The number of benzene rings is 2. The van der Waals surface area contributed by atoms with Crippen LogP contribution in [0.1, 0.15) is 37.4 Å². The maximum Gasteiger partial charge on any atom is 0.141 e. The van der Waals surface area contributed by atoms with E-state index >= 15 is 0 Å². The topological polar surface area (TPSA) is 12.0 Å².